The van der Waals surface area contributed by atoms with Crippen LogP contribution in [0.5, 0.6) is 0 Å². The molecule has 0 saturated heterocycles. The van der Waals surface area contributed by atoms with Crippen molar-refractivity contribution in [2.24, 2.45) is 17.2 Å². The maximum Gasteiger partial charge on any atom is 0.326 e. The summed E-state index contributed by atoms with van der Waals surface area (Å²) in [5.41, 5.74) is 16.1. The van der Waals surface area contributed by atoms with Crippen molar-refractivity contribution in [2.45, 2.75) is 76.0 Å². The van der Waals surface area contributed by atoms with Gasteiger partial charge in [0.1, 0.15) is 18.1 Å². The molecule has 14 nitrogen and oxygen atoms in total. The lowest BCUT2D eigenvalue weighted by molar-refractivity contribution is -0.142. The van der Waals surface area contributed by atoms with Crippen LogP contribution in [0.15, 0.2) is 0 Å². The van der Waals surface area contributed by atoms with E-state index in [0.29, 0.717) is 19.4 Å². The van der Waals surface area contributed by atoms with Gasteiger partial charge in [-0.3, -0.25) is 24.0 Å². The van der Waals surface area contributed by atoms with Gasteiger partial charge in [-0.15, -0.1) is 0 Å². The summed E-state index contributed by atoms with van der Waals surface area (Å²) in [6.45, 7) is 1.67. The van der Waals surface area contributed by atoms with E-state index >= 15 is 0 Å². The lowest BCUT2D eigenvalue weighted by Gasteiger charge is -2.23. The highest BCUT2D eigenvalue weighted by Crippen LogP contribution is 2.05. The number of hydrogen-bond acceptors (Lipinski definition) is 8. The summed E-state index contributed by atoms with van der Waals surface area (Å²) in [6.07, 6.45) is 0.214. The molecule has 0 aromatic rings. The van der Waals surface area contributed by atoms with Gasteiger partial charge < -0.3 is 43.4 Å². The van der Waals surface area contributed by atoms with Gasteiger partial charge >= 0.3 is 11.9 Å². The molecule has 0 aliphatic carbocycles. The molecule has 0 aliphatic heterocycles. The number of amides is 4. The number of carboxylic acid groups (broad SMARTS) is 2. The highest BCUT2D eigenvalue weighted by Gasteiger charge is 2.29. The molecule has 11 N–H and O–H groups in total. The quantitative estimate of drug-likeness (QED) is 0.0999. The number of primary amides is 1. The van der Waals surface area contributed by atoms with E-state index in [2.05, 4.69) is 16.0 Å². The first-order chi connectivity index (χ1) is 15.4. The first-order valence-electron chi connectivity index (χ1n) is 10.5. The minimum atomic E-state index is -1.29. The van der Waals surface area contributed by atoms with Crippen LogP contribution in [0.1, 0.15) is 51.9 Å². The molecule has 188 valence electrons. The Kier molecular flexibility index (Phi) is 14.0. The van der Waals surface area contributed by atoms with Crippen LogP contribution in [0.25, 0.3) is 0 Å². The number of rotatable bonds is 17. The van der Waals surface area contributed by atoms with Gasteiger partial charge in [-0.25, -0.2) is 4.79 Å². The molecule has 4 atom stereocenters. The van der Waals surface area contributed by atoms with Gasteiger partial charge in [-0.1, -0.05) is 0 Å². The predicted molar refractivity (Wildman–Crippen MR) is 115 cm³/mol. The second kappa shape index (κ2) is 15.5. The number of unbranched alkanes of at least 4 members (excludes halogenated alkanes) is 1. The summed E-state index contributed by atoms with van der Waals surface area (Å²) in [5, 5.41) is 24.9. The van der Waals surface area contributed by atoms with Gasteiger partial charge in [0.2, 0.25) is 23.6 Å². The van der Waals surface area contributed by atoms with Crippen molar-refractivity contribution in [2.75, 3.05) is 6.54 Å². The monoisotopic (exact) mass is 474 g/mol. The van der Waals surface area contributed by atoms with Crippen LogP contribution < -0.4 is 33.2 Å². The summed E-state index contributed by atoms with van der Waals surface area (Å²) in [7, 11) is 0. The van der Waals surface area contributed by atoms with Crippen LogP contribution in [-0.2, 0) is 28.8 Å². The fourth-order valence-corrected chi connectivity index (χ4v) is 2.67. The minimum Gasteiger partial charge on any atom is -0.481 e. The van der Waals surface area contributed by atoms with Crippen LogP contribution in [0.2, 0.25) is 0 Å². The number of carbonyl (C=O) groups excluding carboxylic acids is 4. The Bertz CT molecular complexity index is 716. The maximum atomic E-state index is 12.6. The summed E-state index contributed by atoms with van der Waals surface area (Å²) in [4.78, 5) is 70.3. The fraction of sp³-hybridized carbons (Fsp3) is 0.684. The lowest BCUT2D eigenvalue weighted by atomic mass is 10.1. The Morgan fingerprint density at radius 3 is 1.91 bits per heavy atom. The SMILES string of the molecule is CC(NC(=O)C(N)CCC(=O)O)C(=O)NC(CCC(N)=O)C(=O)NC(CCCCN)C(=O)O. The van der Waals surface area contributed by atoms with Crippen LogP contribution in [0, 0.1) is 0 Å². The van der Waals surface area contributed by atoms with Crippen molar-refractivity contribution in [3.63, 3.8) is 0 Å². The Labute approximate surface area is 191 Å². The lowest BCUT2D eigenvalue weighted by Crippen LogP contribution is -2.56. The Morgan fingerprint density at radius 2 is 1.39 bits per heavy atom. The first-order valence-corrected chi connectivity index (χ1v) is 10.5. The minimum absolute atomic E-state index is 0.120. The van der Waals surface area contributed by atoms with Gasteiger partial charge in [-0.2, -0.15) is 0 Å². The molecule has 14 heteroatoms. The molecule has 0 fully saturated rings. The first kappa shape index (κ1) is 29.7. The van der Waals surface area contributed by atoms with E-state index in [9.17, 15) is 33.9 Å². The molecule has 0 aliphatic rings. The Morgan fingerprint density at radius 1 is 0.788 bits per heavy atom. The van der Waals surface area contributed by atoms with Gasteiger partial charge in [-0.05, 0) is 45.6 Å². The normalized spacial score (nSPS) is 14.3. The number of nitrogens with one attached hydrogen (secondary N) is 3. The van der Waals surface area contributed by atoms with Crippen molar-refractivity contribution in [1.82, 2.24) is 16.0 Å². The van der Waals surface area contributed by atoms with Crippen molar-refractivity contribution in [3.05, 3.63) is 0 Å². The average Bonchev–Trinajstić information content (AvgIpc) is 2.73. The molecular weight excluding hydrogens is 440 g/mol. The molecule has 4 amide bonds. The summed E-state index contributed by atoms with van der Waals surface area (Å²) < 4.78 is 0. The second-order valence-electron chi connectivity index (χ2n) is 7.52. The summed E-state index contributed by atoms with van der Waals surface area (Å²) in [6, 6.07) is -4.82. The van der Waals surface area contributed by atoms with Crippen LogP contribution in [0.4, 0.5) is 0 Å². The maximum absolute atomic E-state index is 12.6. The fourth-order valence-electron chi connectivity index (χ4n) is 2.67. The van der Waals surface area contributed by atoms with E-state index in [1.165, 1.54) is 6.92 Å². The third kappa shape index (κ3) is 13.0. The smallest absolute Gasteiger partial charge is 0.326 e. The molecule has 0 rings (SSSR count). The van der Waals surface area contributed by atoms with Gasteiger partial charge in [0.05, 0.1) is 6.04 Å². The molecular formula is C19H34N6O8. The van der Waals surface area contributed by atoms with Crippen LogP contribution in [-0.4, -0.2) is 76.5 Å². The Hall–Kier alpha value is -3.26. The zero-order valence-electron chi connectivity index (χ0n) is 18.5. The number of carbonyl (C=O) groups is 6. The zero-order chi connectivity index (χ0) is 25.6. The molecule has 0 spiro atoms. The van der Waals surface area contributed by atoms with Gasteiger partial charge in [0, 0.05) is 12.8 Å². The molecule has 0 aromatic heterocycles. The highest BCUT2D eigenvalue weighted by atomic mass is 16.4. The molecule has 0 saturated carbocycles. The predicted octanol–water partition coefficient (Wildman–Crippen LogP) is -2.87. The van der Waals surface area contributed by atoms with E-state index < -0.39 is 59.7 Å². The Balaban J connectivity index is 5.11. The van der Waals surface area contributed by atoms with Crippen molar-refractivity contribution >= 4 is 35.6 Å². The van der Waals surface area contributed by atoms with Crippen molar-refractivity contribution in [3.8, 4) is 0 Å². The molecule has 0 heterocycles. The van der Waals surface area contributed by atoms with Gasteiger partial charge in [0.25, 0.3) is 0 Å². The van der Waals surface area contributed by atoms with E-state index in [1.54, 1.807) is 0 Å². The molecule has 33 heavy (non-hydrogen) atoms. The summed E-state index contributed by atoms with van der Waals surface area (Å²) >= 11 is 0. The van der Waals surface area contributed by atoms with Gasteiger partial charge in [0.15, 0.2) is 0 Å². The largest absolute Gasteiger partial charge is 0.481 e. The number of carboxylic acids is 2. The zero-order valence-corrected chi connectivity index (χ0v) is 18.5. The second-order valence-corrected chi connectivity index (χ2v) is 7.52. The highest BCUT2D eigenvalue weighted by molar-refractivity contribution is 5.94. The molecule has 0 aromatic carbocycles. The number of aliphatic carboxylic acids is 2. The molecule has 4 unspecified atom stereocenters. The van der Waals surface area contributed by atoms with Crippen molar-refractivity contribution in [1.29, 1.82) is 0 Å². The van der Waals surface area contributed by atoms with E-state index in [4.69, 9.17) is 22.3 Å². The number of nitrogens with two attached hydrogens (primary N) is 3. The number of hydrogen-bond donors (Lipinski definition) is 8. The van der Waals surface area contributed by atoms with Crippen molar-refractivity contribution < 1.29 is 39.0 Å². The van der Waals surface area contributed by atoms with E-state index in [0.717, 1.165) is 0 Å². The third-order valence-electron chi connectivity index (χ3n) is 4.63. The van der Waals surface area contributed by atoms with Crippen LogP contribution in [0.3, 0.4) is 0 Å². The topological polar surface area (TPSA) is 257 Å². The van der Waals surface area contributed by atoms with Crippen LogP contribution >= 0.6 is 0 Å². The molecule has 0 bridgehead atoms. The third-order valence-corrected chi connectivity index (χ3v) is 4.63. The summed E-state index contributed by atoms with van der Waals surface area (Å²) in [5.74, 6) is -5.52. The average molecular weight is 475 g/mol. The van der Waals surface area contributed by atoms with E-state index in [-0.39, 0.29) is 32.1 Å². The standard InChI is InChI=1S/C19H34N6O8/c1-10(23-17(30)11(21)5-8-15(27)28)16(29)24-12(6-7-14(22)26)18(31)25-13(19(32)33)4-2-3-9-20/h10-13H,2-9,20-21H2,1H3,(H2,22,26)(H,23,30)(H,24,29)(H,25,31)(H,27,28)(H,32,33). The molecule has 0 radical (unpaired) electrons. The van der Waals surface area contributed by atoms with E-state index in [1.807, 2.05) is 0 Å².